The van der Waals surface area contributed by atoms with Gasteiger partial charge in [0.2, 0.25) is 0 Å². The number of rotatable bonds is 6. The second-order valence-electron chi connectivity index (χ2n) is 6.71. The van der Waals surface area contributed by atoms with Gasteiger partial charge < -0.3 is 15.4 Å². The minimum absolute atomic E-state index is 0.0135. The molecule has 2 aromatic rings. The van der Waals surface area contributed by atoms with Crippen LogP contribution in [0, 0.1) is 6.92 Å². The van der Waals surface area contributed by atoms with Crippen LogP contribution in [0.1, 0.15) is 24.1 Å². The van der Waals surface area contributed by atoms with Crippen molar-refractivity contribution >= 4 is 33.4 Å². The average Bonchev–Trinajstić information content (AvgIpc) is 2.68. The summed E-state index contributed by atoms with van der Waals surface area (Å²) in [5.74, 6) is -1.27. The molecule has 0 radical (unpaired) electrons. The average molecular weight is 449 g/mol. The molecule has 0 aliphatic carbocycles. The lowest BCUT2D eigenvalue weighted by Crippen LogP contribution is -2.47. The molecule has 2 aromatic carbocycles. The number of esters is 1. The number of ether oxygens (including phenoxy) is 1. The molecular formula is C21H21ClN2O5S. The van der Waals surface area contributed by atoms with E-state index in [9.17, 15) is 18.0 Å². The Kier molecular flexibility index (Phi) is 6.48. The molecule has 2 amide bonds. The van der Waals surface area contributed by atoms with Gasteiger partial charge in [-0.05, 0) is 49.2 Å². The zero-order chi connectivity index (χ0) is 21.9. The van der Waals surface area contributed by atoms with E-state index in [1.165, 1.54) is 24.3 Å². The number of amides is 2. The Labute approximate surface area is 180 Å². The van der Waals surface area contributed by atoms with Crippen LogP contribution in [0.25, 0.3) is 0 Å². The first-order valence-electron chi connectivity index (χ1n) is 9.24. The van der Waals surface area contributed by atoms with Crippen molar-refractivity contribution in [1.82, 2.24) is 10.6 Å². The first-order valence-corrected chi connectivity index (χ1v) is 11.3. The Morgan fingerprint density at radius 2 is 1.80 bits per heavy atom. The van der Waals surface area contributed by atoms with Crippen LogP contribution in [-0.2, 0) is 19.4 Å². The summed E-state index contributed by atoms with van der Waals surface area (Å²) in [7, 11) is -3.86. The highest BCUT2D eigenvalue weighted by atomic mass is 35.5. The Morgan fingerprint density at radius 1 is 1.13 bits per heavy atom. The molecule has 9 heteroatoms. The van der Waals surface area contributed by atoms with E-state index in [0.29, 0.717) is 10.6 Å². The van der Waals surface area contributed by atoms with Gasteiger partial charge in [0.1, 0.15) is 0 Å². The minimum atomic E-state index is -3.86. The van der Waals surface area contributed by atoms with Crippen LogP contribution in [0.2, 0.25) is 5.02 Å². The first-order chi connectivity index (χ1) is 14.2. The smallest absolute Gasteiger partial charge is 0.338 e. The molecule has 1 atom stereocenters. The van der Waals surface area contributed by atoms with E-state index in [1.54, 1.807) is 19.1 Å². The summed E-state index contributed by atoms with van der Waals surface area (Å²) in [5, 5.41) is 5.59. The summed E-state index contributed by atoms with van der Waals surface area (Å²) < 4.78 is 31.1. The van der Waals surface area contributed by atoms with Gasteiger partial charge in [-0.1, -0.05) is 35.9 Å². The maximum atomic E-state index is 13.0. The zero-order valence-electron chi connectivity index (χ0n) is 16.4. The van der Waals surface area contributed by atoms with Gasteiger partial charge in [0, 0.05) is 10.7 Å². The zero-order valence-corrected chi connectivity index (χ0v) is 18.0. The van der Waals surface area contributed by atoms with Gasteiger partial charge in [0.05, 0.1) is 28.9 Å². The van der Waals surface area contributed by atoms with Gasteiger partial charge in [-0.15, -0.1) is 0 Å². The highest BCUT2D eigenvalue weighted by Crippen LogP contribution is 2.31. The molecule has 1 aliphatic rings. The number of sulfone groups is 1. The number of urea groups is 1. The highest BCUT2D eigenvalue weighted by molar-refractivity contribution is 7.91. The standard InChI is InChI=1S/C21H21ClN2O5S/c1-3-29-20(25)18-17(12-30(27,28)15-10-8-14(22)9-11-15)23-21(26)24-19(18)16-7-5-4-6-13(16)2/h4-11,19H,3,12H2,1-2H3,(H2,23,24,26)/t19-/m0/s1. The summed E-state index contributed by atoms with van der Waals surface area (Å²) in [5.41, 5.74) is 1.56. The van der Waals surface area contributed by atoms with Crippen molar-refractivity contribution in [3.05, 3.63) is 76.0 Å². The van der Waals surface area contributed by atoms with E-state index >= 15 is 0 Å². The van der Waals surface area contributed by atoms with Gasteiger partial charge in [-0.3, -0.25) is 0 Å². The molecule has 0 spiro atoms. The molecule has 30 heavy (non-hydrogen) atoms. The van der Waals surface area contributed by atoms with Crippen LogP contribution in [0.5, 0.6) is 0 Å². The number of benzene rings is 2. The monoisotopic (exact) mass is 448 g/mol. The Balaban J connectivity index is 2.11. The quantitative estimate of drug-likeness (QED) is 0.660. The summed E-state index contributed by atoms with van der Waals surface area (Å²) in [6.45, 7) is 3.60. The van der Waals surface area contributed by atoms with Crippen molar-refractivity contribution in [3.8, 4) is 0 Å². The van der Waals surface area contributed by atoms with Crippen molar-refractivity contribution in [2.75, 3.05) is 12.4 Å². The number of hydrogen-bond acceptors (Lipinski definition) is 5. The topological polar surface area (TPSA) is 102 Å². The summed E-state index contributed by atoms with van der Waals surface area (Å²) >= 11 is 5.84. The van der Waals surface area contributed by atoms with E-state index in [0.717, 1.165) is 5.56 Å². The fourth-order valence-corrected chi connectivity index (χ4v) is 4.69. The van der Waals surface area contributed by atoms with Crippen LogP contribution in [0.4, 0.5) is 4.79 Å². The van der Waals surface area contributed by atoms with Crippen molar-refractivity contribution in [2.45, 2.75) is 24.8 Å². The van der Waals surface area contributed by atoms with Gasteiger partial charge in [0.25, 0.3) is 0 Å². The van der Waals surface area contributed by atoms with Crippen LogP contribution < -0.4 is 10.6 Å². The fourth-order valence-electron chi connectivity index (χ4n) is 3.24. The van der Waals surface area contributed by atoms with E-state index in [-0.39, 0.29) is 22.8 Å². The van der Waals surface area contributed by atoms with Crippen molar-refractivity contribution in [3.63, 3.8) is 0 Å². The molecule has 0 fully saturated rings. The number of hydrogen-bond donors (Lipinski definition) is 2. The molecule has 3 rings (SSSR count). The molecule has 1 aliphatic heterocycles. The number of aryl methyl sites for hydroxylation is 1. The normalized spacial score (nSPS) is 16.6. The molecule has 7 nitrogen and oxygen atoms in total. The molecule has 0 unspecified atom stereocenters. The first kappa shape index (κ1) is 21.9. The molecule has 158 valence electrons. The van der Waals surface area contributed by atoms with Gasteiger partial charge >= 0.3 is 12.0 Å². The molecule has 2 N–H and O–H groups in total. The van der Waals surface area contributed by atoms with E-state index in [4.69, 9.17) is 16.3 Å². The SMILES string of the molecule is CCOC(=O)C1=C(CS(=O)(=O)c2ccc(Cl)cc2)NC(=O)N[C@H]1c1ccccc1C. The second-order valence-corrected chi connectivity index (χ2v) is 9.14. The fraction of sp³-hybridized carbons (Fsp3) is 0.238. The van der Waals surface area contributed by atoms with Gasteiger partial charge in [-0.2, -0.15) is 0 Å². The molecule has 1 heterocycles. The lowest BCUT2D eigenvalue weighted by Gasteiger charge is -2.30. The summed E-state index contributed by atoms with van der Waals surface area (Å²) in [6.07, 6.45) is 0. The number of carbonyl (C=O) groups is 2. The van der Waals surface area contributed by atoms with Crippen molar-refractivity contribution < 1.29 is 22.7 Å². The van der Waals surface area contributed by atoms with E-state index < -0.39 is 33.6 Å². The molecule has 0 saturated carbocycles. The van der Waals surface area contributed by atoms with Gasteiger partial charge in [0.15, 0.2) is 9.84 Å². The van der Waals surface area contributed by atoms with Crippen LogP contribution >= 0.6 is 11.6 Å². The maximum absolute atomic E-state index is 13.0. The number of halogens is 1. The molecule has 0 saturated heterocycles. The largest absolute Gasteiger partial charge is 0.463 e. The van der Waals surface area contributed by atoms with Crippen LogP contribution in [-0.4, -0.2) is 32.8 Å². The lowest BCUT2D eigenvalue weighted by molar-refractivity contribution is -0.139. The van der Waals surface area contributed by atoms with Crippen LogP contribution in [0.3, 0.4) is 0 Å². The van der Waals surface area contributed by atoms with Crippen LogP contribution in [0.15, 0.2) is 64.7 Å². The maximum Gasteiger partial charge on any atom is 0.338 e. The molecular weight excluding hydrogens is 428 g/mol. The summed E-state index contributed by atoms with van der Waals surface area (Å²) in [4.78, 5) is 25.2. The number of nitrogens with one attached hydrogen (secondary N) is 2. The van der Waals surface area contributed by atoms with E-state index in [1.807, 2.05) is 19.1 Å². The third-order valence-corrected chi connectivity index (χ3v) is 6.57. The van der Waals surface area contributed by atoms with Gasteiger partial charge in [-0.25, -0.2) is 18.0 Å². The predicted molar refractivity (Wildman–Crippen MR) is 113 cm³/mol. The molecule has 0 aromatic heterocycles. The van der Waals surface area contributed by atoms with Crippen molar-refractivity contribution in [1.29, 1.82) is 0 Å². The Bertz CT molecular complexity index is 1110. The lowest BCUT2D eigenvalue weighted by atomic mass is 9.92. The van der Waals surface area contributed by atoms with Crippen molar-refractivity contribution in [2.24, 2.45) is 0 Å². The summed E-state index contributed by atoms with van der Waals surface area (Å²) in [6, 6.07) is 11.5. The highest BCUT2D eigenvalue weighted by Gasteiger charge is 2.36. The van der Waals surface area contributed by atoms with E-state index in [2.05, 4.69) is 10.6 Å². The third kappa shape index (κ3) is 4.66. The third-order valence-electron chi connectivity index (χ3n) is 4.66. The Morgan fingerprint density at radius 3 is 2.43 bits per heavy atom. The Hall–Kier alpha value is -2.84. The second kappa shape index (κ2) is 8.89. The molecule has 0 bridgehead atoms. The predicted octanol–water partition coefficient (Wildman–Crippen LogP) is 3.29. The minimum Gasteiger partial charge on any atom is -0.463 e. The number of carbonyl (C=O) groups excluding carboxylic acids is 2.